The van der Waals surface area contributed by atoms with Gasteiger partial charge in [0.2, 0.25) is 0 Å². The minimum Gasteiger partial charge on any atom is -0.396 e. The highest BCUT2D eigenvalue weighted by Gasteiger charge is 2.19. The number of aliphatic hydroxyl groups excluding tert-OH is 1. The molecule has 5 heteroatoms. The first-order valence-electron chi connectivity index (χ1n) is 8.58. The monoisotopic (exact) mass is 322 g/mol. The van der Waals surface area contributed by atoms with E-state index in [1.165, 1.54) is 11.1 Å². The van der Waals surface area contributed by atoms with Gasteiger partial charge in [0.1, 0.15) is 5.82 Å². The Morgan fingerprint density at radius 3 is 2.71 bits per heavy atom. The number of aromatic nitrogens is 3. The Bertz CT molecular complexity index is 804. The maximum absolute atomic E-state index is 9.07. The van der Waals surface area contributed by atoms with Crippen LogP contribution < -0.4 is 4.90 Å². The minimum atomic E-state index is 0.306. The lowest BCUT2D eigenvalue weighted by atomic mass is 9.94. The molecule has 1 N–H and O–H groups in total. The number of rotatable bonds is 4. The van der Waals surface area contributed by atoms with Gasteiger partial charge in [-0.2, -0.15) is 0 Å². The van der Waals surface area contributed by atoms with Crippen molar-refractivity contribution in [3.8, 4) is 5.82 Å². The number of hydrogen-bond acceptors (Lipinski definition) is 4. The van der Waals surface area contributed by atoms with Gasteiger partial charge in [-0.3, -0.25) is 9.55 Å². The molecule has 0 amide bonds. The average Bonchev–Trinajstić information content (AvgIpc) is 3.07. The van der Waals surface area contributed by atoms with E-state index < -0.39 is 0 Å². The fourth-order valence-electron chi connectivity index (χ4n) is 3.54. The van der Waals surface area contributed by atoms with E-state index in [9.17, 15) is 0 Å². The van der Waals surface area contributed by atoms with Gasteiger partial charge in [0.25, 0.3) is 0 Å². The molecule has 0 radical (unpaired) electrons. The highest BCUT2D eigenvalue weighted by Crippen LogP contribution is 2.25. The smallest absolute Gasteiger partial charge is 0.137 e. The lowest BCUT2D eigenvalue weighted by Gasteiger charge is -2.33. The molecule has 124 valence electrons. The van der Waals surface area contributed by atoms with E-state index >= 15 is 0 Å². The number of piperidine rings is 1. The van der Waals surface area contributed by atoms with Crippen molar-refractivity contribution >= 4 is 16.6 Å². The molecule has 5 nitrogen and oxygen atoms in total. The summed E-state index contributed by atoms with van der Waals surface area (Å²) in [6, 6.07) is 8.31. The molecule has 1 saturated heterocycles. The normalized spacial score (nSPS) is 16.0. The van der Waals surface area contributed by atoms with E-state index in [2.05, 4.69) is 37.6 Å². The van der Waals surface area contributed by atoms with Gasteiger partial charge in [-0.1, -0.05) is 0 Å². The highest BCUT2D eigenvalue weighted by molar-refractivity contribution is 5.80. The van der Waals surface area contributed by atoms with E-state index in [4.69, 9.17) is 5.11 Å². The summed E-state index contributed by atoms with van der Waals surface area (Å²) < 4.78 is 2.07. The van der Waals surface area contributed by atoms with Crippen molar-refractivity contribution in [3.63, 3.8) is 0 Å². The van der Waals surface area contributed by atoms with Crippen LogP contribution in [0, 0.1) is 5.92 Å². The second-order valence-corrected chi connectivity index (χ2v) is 6.44. The molecular weight excluding hydrogens is 300 g/mol. The summed E-state index contributed by atoms with van der Waals surface area (Å²) in [7, 11) is 0. The zero-order valence-corrected chi connectivity index (χ0v) is 13.7. The minimum absolute atomic E-state index is 0.306. The summed E-state index contributed by atoms with van der Waals surface area (Å²) >= 11 is 0. The van der Waals surface area contributed by atoms with Gasteiger partial charge in [0.15, 0.2) is 0 Å². The van der Waals surface area contributed by atoms with Crippen LogP contribution in [0.1, 0.15) is 19.3 Å². The van der Waals surface area contributed by atoms with Crippen LogP contribution in [0.15, 0.2) is 49.1 Å². The van der Waals surface area contributed by atoms with E-state index in [-0.39, 0.29) is 0 Å². The molecule has 24 heavy (non-hydrogen) atoms. The van der Waals surface area contributed by atoms with E-state index in [0.717, 1.165) is 43.7 Å². The van der Waals surface area contributed by atoms with Crippen LogP contribution in [0.2, 0.25) is 0 Å². The van der Waals surface area contributed by atoms with Crippen LogP contribution >= 0.6 is 0 Å². The molecule has 4 rings (SSSR count). The van der Waals surface area contributed by atoms with Crippen molar-refractivity contribution in [2.45, 2.75) is 19.3 Å². The van der Waals surface area contributed by atoms with Gasteiger partial charge in [0.05, 0.1) is 23.6 Å². The number of pyridine rings is 2. The predicted molar refractivity (Wildman–Crippen MR) is 95.5 cm³/mol. The molecular formula is C19H22N4O. The van der Waals surface area contributed by atoms with Gasteiger partial charge in [-0.15, -0.1) is 0 Å². The average molecular weight is 322 g/mol. The van der Waals surface area contributed by atoms with Crippen LogP contribution in [0.25, 0.3) is 16.7 Å². The molecule has 1 aliphatic rings. The first-order chi connectivity index (χ1) is 11.8. The fourth-order valence-corrected chi connectivity index (χ4v) is 3.54. The van der Waals surface area contributed by atoms with Crippen LogP contribution in [0.4, 0.5) is 5.69 Å². The number of hydrogen-bond donors (Lipinski definition) is 1. The third-order valence-corrected chi connectivity index (χ3v) is 4.99. The lowest BCUT2D eigenvalue weighted by molar-refractivity contribution is 0.240. The quantitative estimate of drug-likeness (QED) is 0.802. The molecule has 3 aromatic rings. The van der Waals surface area contributed by atoms with Gasteiger partial charge in [-0.05, 0) is 49.4 Å². The maximum atomic E-state index is 9.07. The summed E-state index contributed by atoms with van der Waals surface area (Å²) in [6.07, 6.45) is 10.9. The molecule has 1 fully saturated rings. The van der Waals surface area contributed by atoms with Crippen molar-refractivity contribution < 1.29 is 5.11 Å². The topological polar surface area (TPSA) is 54.2 Å². The molecule has 3 aromatic heterocycles. The fraction of sp³-hybridized carbons (Fsp3) is 0.368. The maximum Gasteiger partial charge on any atom is 0.137 e. The number of aliphatic hydroxyl groups is 1. The Morgan fingerprint density at radius 2 is 1.96 bits per heavy atom. The molecule has 0 spiro atoms. The van der Waals surface area contributed by atoms with Crippen molar-refractivity contribution in [2.75, 3.05) is 24.6 Å². The highest BCUT2D eigenvalue weighted by atomic mass is 16.3. The van der Waals surface area contributed by atoms with E-state index in [1.807, 2.05) is 30.9 Å². The first-order valence-corrected chi connectivity index (χ1v) is 8.58. The molecule has 1 aliphatic heterocycles. The Kier molecular flexibility index (Phi) is 4.17. The molecule has 0 atom stereocenters. The summed E-state index contributed by atoms with van der Waals surface area (Å²) in [5, 5.41) is 10.2. The van der Waals surface area contributed by atoms with Crippen LogP contribution in [0.3, 0.4) is 0 Å². The van der Waals surface area contributed by atoms with E-state index in [0.29, 0.717) is 12.5 Å². The van der Waals surface area contributed by atoms with Crippen molar-refractivity contribution in [1.29, 1.82) is 0 Å². The molecule has 0 bridgehead atoms. The summed E-state index contributed by atoms with van der Waals surface area (Å²) in [6.45, 7) is 2.39. The number of fused-ring (bicyclic) bond motifs is 1. The number of nitrogens with zero attached hydrogens (tertiary/aromatic N) is 4. The Balaban J connectivity index is 1.51. The summed E-state index contributed by atoms with van der Waals surface area (Å²) in [5.41, 5.74) is 2.25. The van der Waals surface area contributed by atoms with Crippen molar-refractivity contribution in [2.24, 2.45) is 5.92 Å². The van der Waals surface area contributed by atoms with Crippen LogP contribution in [0.5, 0.6) is 0 Å². The molecule has 0 saturated carbocycles. The largest absolute Gasteiger partial charge is 0.396 e. The zero-order chi connectivity index (χ0) is 16.4. The van der Waals surface area contributed by atoms with Crippen molar-refractivity contribution in [3.05, 3.63) is 49.1 Å². The standard InChI is InChI=1S/C19H22N4O/c24-12-7-15-4-9-22(10-5-15)17-1-2-19(21-13-17)23-11-6-16-3-8-20-14-18(16)23/h1-3,6,8,11,13-15,24H,4-5,7,9-10,12H2. The Morgan fingerprint density at radius 1 is 1.08 bits per heavy atom. The summed E-state index contributed by atoms with van der Waals surface area (Å²) in [5.74, 6) is 1.58. The Hall–Kier alpha value is -2.40. The van der Waals surface area contributed by atoms with E-state index in [1.54, 1.807) is 0 Å². The molecule has 0 unspecified atom stereocenters. The molecule has 4 heterocycles. The second-order valence-electron chi connectivity index (χ2n) is 6.44. The summed E-state index contributed by atoms with van der Waals surface area (Å²) in [4.78, 5) is 11.3. The van der Waals surface area contributed by atoms with Gasteiger partial charge < -0.3 is 10.0 Å². The predicted octanol–water partition coefficient (Wildman–Crippen LogP) is 3.02. The third kappa shape index (κ3) is 2.87. The Labute approximate surface area is 141 Å². The molecule has 0 aromatic carbocycles. The van der Waals surface area contributed by atoms with Crippen LogP contribution in [-0.4, -0.2) is 39.3 Å². The van der Waals surface area contributed by atoms with Crippen molar-refractivity contribution in [1.82, 2.24) is 14.5 Å². The molecule has 0 aliphatic carbocycles. The third-order valence-electron chi connectivity index (χ3n) is 4.99. The van der Waals surface area contributed by atoms with Gasteiger partial charge in [0, 0.05) is 37.5 Å². The zero-order valence-electron chi connectivity index (χ0n) is 13.7. The second kappa shape index (κ2) is 6.61. The number of anilines is 1. The first kappa shape index (κ1) is 15.1. The van der Waals surface area contributed by atoms with Crippen LogP contribution in [-0.2, 0) is 0 Å². The van der Waals surface area contributed by atoms with Gasteiger partial charge >= 0.3 is 0 Å². The van der Waals surface area contributed by atoms with Gasteiger partial charge in [-0.25, -0.2) is 4.98 Å². The lowest BCUT2D eigenvalue weighted by Crippen LogP contribution is -2.34. The SMILES string of the molecule is OCCC1CCN(c2ccc(-n3ccc4ccncc43)nc2)CC1.